The van der Waals surface area contributed by atoms with Crippen molar-refractivity contribution < 1.29 is 4.79 Å². The molecule has 0 aliphatic carbocycles. The maximum atomic E-state index is 14.1. The van der Waals surface area contributed by atoms with Gasteiger partial charge in [-0.3, -0.25) is 4.79 Å². The fourth-order valence-corrected chi connectivity index (χ4v) is 4.85. The van der Waals surface area contributed by atoms with Gasteiger partial charge in [0.05, 0.1) is 5.92 Å². The first-order chi connectivity index (χ1) is 16.1. The van der Waals surface area contributed by atoms with E-state index >= 15 is 0 Å². The molecule has 0 aliphatic heterocycles. The molecule has 2 atom stereocenters. The average molecular weight is 430 g/mol. The van der Waals surface area contributed by atoms with Crippen LogP contribution in [-0.4, -0.2) is 10.8 Å². The van der Waals surface area contributed by atoms with Crippen LogP contribution >= 0.6 is 0 Å². The molecule has 5 aromatic rings. The van der Waals surface area contributed by atoms with E-state index in [0.29, 0.717) is 0 Å². The highest BCUT2D eigenvalue weighted by Crippen LogP contribution is 2.43. The van der Waals surface area contributed by atoms with E-state index in [-0.39, 0.29) is 17.6 Å². The number of ketones is 1. The maximum absolute atomic E-state index is 14.1. The number of rotatable bonds is 6. The zero-order valence-electron chi connectivity index (χ0n) is 19.0. The van der Waals surface area contributed by atoms with Crippen LogP contribution in [-0.2, 0) is 0 Å². The summed E-state index contributed by atoms with van der Waals surface area (Å²) in [5.41, 5.74) is 7.59. The molecule has 0 fully saturated rings. The number of hydrogen-bond donors (Lipinski definition) is 1. The number of aromatic nitrogens is 1. The summed E-state index contributed by atoms with van der Waals surface area (Å²) in [6, 6.07) is 34.8. The number of carbonyl (C=O) groups excluding carboxylic acids is 1. The summed E-state index contributed by atoms with van der Waals surface area (Å²) in [5, 5.41) is 1.17. The van der Waals surface area contributed by atoms with E-state index < -0.39 is 0 Å². The number of fused-ring (bicyclic) bond motifs is 1. The lowest BCUT2D eigenvalue weighted by molar-refractivity contribution is 0.0952. The van der Waals surface area contributed by atoms with Gasteiger partial charge in [0.2, 0.25) is 0 Å². The Kier molecular flexibility index (Phi) is 5.66. The predicted octanol–water partition coefficient (Wildman–Crippen LogP) is 7.58. The molecule has 33 heavy (non-hydrogen) atoms. The number of carbonyl (C=O) groups is 1. The van der Waals surface area contributed by atoms with Crippen molar-refractivity contribution in [2.45, 2.75) is 25.7 Å². The lowest BCUT2D eigenvalue weighted by Gasteiger charge is -2.28. The van der Waals surface area contributed by atoms with Gasteiger partial charge in [-0.2, -0.15) is 0 Å². The highest BCUT2D eigenvalue weighted by molar-refractivity contribution is 6.02. The van der Waals surface area contributed by atoms with E-state index in [9.17, 15) is 4.79 Å². The minimum atomic E-state index is -0.351. The van der Waals surface area contributed by atoms with E-state index in [2.05, 4.69) is 79.6 Å². The number of aromatic amines is 1. The summed E-state index contributed by atoms with van der Waals surface area (Å²) in [4.78, 5) is 17.6. The van der Waals surface area contributed by atoms with Crippen LogP contribution in [0.3, 0.4) is 0 Å². The van der Waals surface area contributed by atoms with Crippen LogP contribution in [0.1, 0.15) is 50.0 Å². The van der Waals surface area contributed by atoms with Gasteiger partial charge in [-0.25, -0.2) is 0 Å². The second-order valence-corrected chi connectivity index (χ2v) is 8.75. The molecule has 0 saturated carbocycles. The number of para-hydroxylation sites is 1. The zero-order valence-corrected chi connectivity index (χ0v) is 19.0. The lowest BCUT2D eigenvalue weighted by atomic mass is 9.73. The summed E-state index contributed by atoms with van der Waals surface area (Å²) in [7, 11) is 0. The predicted molar refractivity (Wildman–Crippen MR) is 136 cm³/mol. The van der Waals surface area contributed by atoms with E-state index in [1.807, 2.05) is 48.5 Å². The van der Waals surface area contributed by atoms with Crippen LogP contribution in [0.5, 0.6) is 0 Å². The van der Waals surface area contributed by atoms with E-state index in [1.165, 1.54) is 16.5 Å². The first-order valence-corrected chi connectivity index (χ1v) is 11.4. The van der Waals surface area contributed by atoms with Gasteiger partial charge in [0, 0.05) is 28.6 Å². The Labute approximate surface area is 194 Å². The number of Topliss-reactive ketones (excluding diaryl/α,β-unsaturated/α-hetero) is 1. The van der Waals surface area contributed by atoms with Gasteiger partial charge in [0.25, 0.3) is 0 Å². The van der Waals surface area contributed by atoms with Crippen molar-refractivity contribution in [2.24, 2.45) is 0 Å². The fourth-order valence-electron chi connectivity index (χ4n) is 4.85. The minimum Gasteiger partial charge on any atom is -0.361 e. The summed E-state index contributed by atoms with van der Waals surface area (Å²) >= 11 is 0. The molecule has 0 bridgehead atoms. The van der Waals surface area contributed by atoms with Crippen LogP contribution in [0.4, 0.5) is 0 Å². The molecule has 1 N–H and O–H groups in total. The molecular weight excluding hydrogens is 402 g/mol. The third-order valence-corrected chi connectivity index (χ3v) is 6.56. The molecule has 2 nitrogen and oxygen atoms in total. The van der Waals surface area contributed by atoms with Crippen molar-refractivity contribution in [3.8, 4) is 0 Å². The van der Waals surface area contributed by atoms with E-state index in [4.69, 9.17) is 0 Å². The highest BCUT2D eigenvalue weighted by atomic mass is 16.1. The monoisotopic (exact) mass is 429 g/mol. The largest absolute Gasteiger partial charge is 0.361 e. The first kappa shape index (κ1) is 21.0. The molecule has 1 aromatic heterocycles. The van der Waals surface area contributed by atoms with E-state index in [0.717, 1.165) is 27.8 Å². The molecule has 0 saturated heterocycles. The van der Waals surface area contributed by atoms with E-state index in [1.54, 1.807) is 0 Å². The van der Waals surface area contributed by atoms with Gasteiger partial charge in [0.15, 0.2) is 5.78 Å². The number of nitrogens with one attached hydrogen (secondary N) is 1. The quantitative estimate of drug-likeness (QED) is 0.277. The molecule has 5 rings (SSSR count). The third-order valence-electron chi connectivity index (χ3n) is 6.56. The molecular formula is C31H27NO. The molecule has 0 radical (unpaired) electrons. The third kappa shape index (κ3) is 4.01. The highest BCUT2D eigenvalue weighted by Gasteiger charge is 2.34. The second kappa shape index (κ2) is 8.91. The molecule has 4 aromatic carbocycles. The molecule has 162 valence electrons. The molecule has 0 amide bonds. The van der Waals surface area contributed by atoms with Crippen LogP contribution in [0.15, 0.2) is 109 Å². The molecule has 1 heterocycles. The van der Waals surface area contributed by atoms with Crippen LogP contribution in [0.2, 0.25) is 0 Å². The number of hydrogen-bond acceptors (Lipinski definition) is 1. The Bertz CT molecular complexity index is 1380. The van der Waals surface area contributed by atoms with Crippen LogP contribution in [0, 0.1) is 13.8 Å². The van der Waals surface area contributed by atoms with Gasteiger partial charge in [-0.05, 0) is 36.1 Å². The van der Waals surface area contributed by atoms with Gasteiger partial charge < -0.3 is 4.98 Å². The number of H-pyrrole nitrogens is 1. The Morgan fingerprint density at radius 2 is 1.36 bits per heavy atom. The zero-order chi connectivity index (χ0) is 22.8. The second-order valence-electron chi connectivity index (χ2n) is 8.75. The Hall–Kier alpha value is -3.91. The topological polar surface area (TPSA) is 32.9 Å². The normalized spacial score (nSPS) is 13.0. The SMILES string of the molecule is Cc1ccc(C(c2c[nH]c3c(C)cccc23)C(C(=O)c2ccccc2)c2ccccc2)cc1. The Morgan fingerprint density at radius 1 is 0.697 bits per heavy atom. The van der Waals surface area contributed by atoms with Crippen LogP contribution in [0.25, 0.3) is 10.9 Å². The summed E-state index contributed by atoms with van der Waals surface area (Å²) in [5.74, 6) is -0.346. The van der Waals surface area contributed by atoms with Crippen molar-refractivity contribution in [3.63, 3.8) is 0 Å². The summed E-state index contributed by atoms with van der Waals surface area (Å²) in [6.07, 6.45) is 2.09. The fraction of sp³-hybridized carbons (Fsp3) is 0.129. The van der Waals surface area contributed by atoms with Crippen molar-refractivity contribution in [3.05, 3.63) is 143 Å². The molecule has 0 spiro atoms. The number of benzene rings is 4. The first-order valence-electron chi connectivity index (χ1n) is 11.4. The van der Waals surface area contributed by atoms with Crippen molar-refractivity contribution >= 4 is 16.7 Å². The van der Waals surface area contributed by atoms with Crippen molar-refractivity contribution in [2.75, 3.05) is 0 Å². The van der Waals surface area contributed by atoms with Gasteiger partial charge in [-0.1, -0.05) is 109 Å². The van der Waals surface area contributed by atoms with Crippen molar-refractivity contribution in [1.82, 2.24) is 4.98 Å². The summed E-state index contributed by atoms with van der Waals surface area (Å²) < 4.78 is 0. The average Bonchev–Trinajstić information content (AvgIpc) is 3.29. The van der Waals surface area contributed by atoms with Crippen molar-refractivity contribution in [1.29, 1.82) is 0 Å². The minimum absolute atomic E-state index is 0.128. The van der Waals surface area contributed by atoms with Crippen LogP contribution < -0.4 is 0 Å². The smallest absolute Gasteiger partial charge is 0.171 e. The number of aryl methyl sites for hydroxylation is 2. The molecule has 2 unspecified atom stereocenters. The standard InChI is InChI=1S/C31H27NO/c1-21-16-18-24(19-17-21)28(27-20-32-30-22(2)10-9-15-26(27)30)29(23-11-5-3-6-12-23)31(33)25-13-7-4-8-14-25/h3-20,28-29,32H,1-2H3. The van der Waals surface area contributed by atoms with Gasteiger partial charge in [-0.15, -0.1) is 0 Å². The molecule has 0 aliphatic rings. The lowest BCUT2D eigenvalue weighted by Crippen LogP contribution is -2.22. The Morgan fingerprint density at radius 3 is 2.06 bits per heavy atom. The Balaban J connectivity index is 1.77. The van der Waals surface area contributed by atoms with Gasteiger partial charge >= 0.3 is 0 Å². The summed E-state index contributed by atoms with van der Waals surface area (Å²) in [6.45, 7) is 4.21. The molecule has 2 heteroatoms. The van der Waals surface area contributed by atoms with Gasteiger partial charge in [0.1, 0.15) is 0 Å². The maximum Gasteiger partial charge on any atom is 0.171 e.